The average Bonchev–Trinajstić information content (AvgIpc) is 3.18. The molecule has 5 nitrogen and oxygen atoms in total. The first-order chi connectivity index (χ1) is 26.6. The molecule has 3 unspecified atom stereocenters. The van der Waals surface area contributed by atoms with Crippen molar-refractivity contribution in [2.75, 3.05) is 6.61 Å². The molecule has 0 aromatic heterocycles. The van der Waals surface area contributed by atoms with Gasteiger partial charge in [-0.3, -0.25) is 4.79 Å². The Labute approximate surface area is 338 Å². The standard InChI is InChI=1S/C49H97NO4/c1-3-5-7-9-11-13-15-16-17-18-19-20-21-22-23-24-25-26-27-28-29-30-31-32-33-34-36-38-40-42-44-48(53)49(54)50-46(45-51)47(52)43-41-39-37-35-14-12-10-8-6-4-2/h41,43,46-48,51-53H,3-40,42,44-45H2,1-2H3,(H,50,54)/b43-41+. The molecule has 0 rings (SSSR count). The number of carbonyl (C=O) groups excluding carboxylic acids is 1. The summed E-state index contributed by atoms with van der Waals surface area (Å²) in [5, 5.41) is 33.1. The quantitative estimate of drug-likeness (QED) is 0.0367. The number of carbonyl (C=O) groups is 1. The lowest BCUT2D eigenvalue weighted by Gasteiger charge is -2.21. The molecular formula is C49H97NO4. The summed E-state index contributed by atoms with van der Waals surface area (Å²) < 4.78 is 0. The predicted molar refractivity (Wildman–Crippen MR) is 236 cm³/mol. The van der Waals surface area contributed by atoms with Gasteiger partial charge in [0, 0.05) is 0 Å². The van der Waals surface area contributed by atoms with Crippen LogP contribution in [0.4, 0.5) is 0 Å². The van der Waals surface area contributed by atoms with Gasteiger partial charge in [0.05, 0.1) is 18.8 Å². The van der Waals surface area contributed by atoms with Crippen LogP contribution >= 0.6 is 0 Å². The maximum Gasteiger partial charge on any atom is 0.249 e. The summed E-state index contributed by atoms with van der Waals surface area (Å²) in [6, 6.07) is -0.791. The second-order valence-electron chi connectivity index (χ2n) is 17.0. The van der Waals surface area contributed by atoms with Crippen molar-refractivity contribution in [3.8, 4) is 0 Å². The van der Waals surface area contributed by atoms with Crippen LogP contribution in [-0.2, 0) is 4.79 Å². The van der Waals surface area contributed by atoms with Gasteiger partial charge in [0.2, 0.25) is 5.91 Å². The fourth-order valence-corrected chi connectivity index (χ4v) is 7.78. The van der Waals surface area contributed by atoms with E-state index in [9.17, 15) is 20.1 Å². The van der Waals surface area contributed by atoms with Crippen molar-refractivity contribution in [2.24, 2.45) is 0 Å². The molecule has 0 aliphatic carbocycles. The van der Waals surface area contributed by atoms with Gasteiger partial charge in [-0.1, -0.05) is 264 Å². The molecule has 5 heteroatoms. The molecule has 0 aliphatic rings. The molecule has 1 amide bonds. The molecule has 0 aromatic rings. The van der Waals surface area contributed by atoms with Crippen molar-refractivity contribution in [3.05, 3.63) is 12.2 Å². The van der Waals surface area contributed by atoms with Gasteiger partial charge in [-0.2, -0.15) is 0 Å². The van der Waals surface area contributed by atoms with Crippen LogP contribution in [0.15, 0.2) is 12.2 Å². The van der Waals surface area contributed by atoms with E-state index < -0.39 is 24.2 Å². The number of amides is 1. The lowest BCUT2D eigenvalue weighted by atomic mass is 10.0. The first-order valence-corrected chi connectivity index (χ1v) is 24.5. The van der Waals surface area contributed by atoms with Crippen molar-refractivity contribution >= 4 is 5.91 Å². The van der Waals surface area contributed by atoms with Gasteiger partial charge >= 0.3 is 0 Å². The molecule has 0 saturated heterocycles. The normalized spacial score (nSPS) is 13.5. The molecule has 4 N–H and O–H groups in total. The highest BCUT2D eigenvalue weighted by Gasteiger charge is 2.22. The molecule has 0 aliphatic heterocycles. The van der Waals surface area contributed by atoms with Crippen molar-refractivity contribution in [1.82, 2.24) is 5.32 Å². The van der Waals surface area contributed by atoms with E-state index in [0.29, 0.717) is 6.42 Å². The van der Waals surface area contributed by atoms with Crippen LogP contribution in [-0.4, -0.2) is 46.1 Å². The number of allylic oxidation sites excluding steroid dienone is 1. The number of aliphatic hydroxyl groups excluding tert-OH is 3. The van der Waals surface area contributed by atoms with E-state index in [0.717, 1.165) is 32.1 Å². The summed E-state index contributed by atoms with van der Waals surface area (Å²) in [6.45, 7) is 4.18. The zero-order valence-corrected chi connectivity index (χ0v) is 36.6. The predicted octanol–water partition coefficient (Wildman–Crippen LogP) is 14.4. The van der Waals surface area contributed by atoms with Gasteiger partial charge in [0.15, 0.2) is 0 Å². The van der Waals surface area contributed by atoms with Gasteiger partial charge in [0.1, 0.15) is 6.10 Å². The highest BCUT2D eigenvalue weighted by atomic mass is 16.3. The molecule has 54 heavy (non-hydrogen) atoms. The average molecular weight is 764 g/mol. The number of hydrogen-bond acceptors (Lipinski definition) is 4. The smallest absolute Gasteiger partial charge is 0.249 e. The summed E-state index contributed by atoms with van der Waals surface area (Å²) in [5.41, 5.74) is 0. The number of aliphatic hydroxyl groups is 3. The van der Waals surface area contributed by atoms with Crippen molar-refractivity contribution < 1.29 is 20.1 Å². The largest absolute Gasteiger partial charge is 0.394 e. The molecule has 0 heterocycles. The van der Waals surface area contributed by atoms with Crippen LogP contribution in [0.1, 0.15) is 271 Å². The number of hydrogen-bond donors (Lipinski definition) is 4. The van der Waals surface area contributed by atoms with Crippen molar-refractivity contribution in [2.45, 2.75) is 289 Å². The van der Waals surface area contributed by atoms with Crippen LogP contribution in [0.25, 0.3) is 0 Å². The van der Waals surface area contributed by atoms with Gasteiger partial charge < -0.3 is 20.6 Å². The second kappa shape index (κ2) is 44.8. The monoisotopic (exact) mass is 764 g/mol. The lowest BCUT2D eigenvalue weighted by molar-refractivity contribution is -0.131. The van der Waals surface area contributed by atoms with Gasteiger partial charge in [0.25, 0.3) is 0 Å². The Bertz CT molecular complexity index is 758. The Kier molecular flexibility index (Phi) is 44.0. The summed E-state index contributed by atoms with van der Waals surface area (Å²) in [6.07, 6.45) is 54.3. The fourth-order valence-electron chi connectivity index (χ4n) is 7.78. The van der Waals surface area contributed by atoms with Crippen molar-refractivity contribution in [3.63, 3.8) is 0 Å². The van der Waals surface area contributed by atoms with E-state index >= 15 is 0 Å². The maximum atomic E-state index is 12.4. The lowest BCUT2D eigenvalue weighted by Crippen LogP contribution is -2.48. The van der Waals surface area contributed by atoms with Crippen LogP contribution in [0.5, 0.6) is 0 Å². The zero-order valence-electron chi connectivity index (χ0n) is 36.6. The SMILES string of the molecule is CCCCCCCCCC/C=C/C(O)C(CO)NC(=O)C(O)CCCCCCCCCCCCCCCCCCCCCCCCCCCCCCCC. The highest BCUT2D eigenvalue weighted by Crippen LogP contribution is 2.17. The minimum absolute atomic E-state index is 0.360. The summed E-state index contributed by atoms with van der Waals surface area (Å²) in [5.74, 6) is -0.500. The van der Waals surface area contributed by atoms with Crippen molar-refractivity contribution in [1.29, 1.82) is 0 Å². The molecule has 0 aromatic carbocycles. The number of rotatable bonds is 45. The first kappa shape index (κ1) is 53.1. The third-order valence-corrected chi connectivity index (χ3v) is 11.6. The van der Waals surface area contributed by atoms with E-state index in [2.05, 4.69) is 19.2 Å². The summed E-state index contributed by atoms with van der Waals surface area (Å²) >= 11 is 0. The Morgan fingerprint density at radius 2 is 0.722 bits per heavy atom. The molecule has 3 atom stereocenters. The number of unbranched alkanes of at least 4 members (excludes halogenated alkanes) is 37. The fraction of sp³-hybridized carbons (Fsp3) is 0.939. The third kappa shape index (κ3) is 39.3. The summed E-state index contributed by atoms with van der Waals surface area (Å²) in [7, 11) is 0. The number of nitrogens with one attached hydrogen (secondary N) is 1. The molecule has 0 bridgehead atoms. The van der Waals surface area contributed by atoms with E-state index in [1.807, 2.05) is 6.08 Å². The first-order valence-electron chi connectivity index (χ1n) is 24.5. The van der Waals surface area contributed by atoms with Gasteiger partial charge in [-0.15, -0.1) is 0 Å². The Morgan fingerprint density at radius 1 is 0.444 bits per heavy atom. The minimum Gasteiger partial charge on any atom is -0.394 e. The summed E-state index contributed by atoms with van der Waals surface area (Å²) in [4.78, 5) is 12.4. The van der Waals surface area contributed by atoms with E-state index in [-0.39, 0.29) is 6.61 Å². The van der Waals surface area contributed by atoms with Gasteiger partial charge in [-0.25, -0.2) is 0 Å². The van der Waals surface area contributed by atoms with Crippen LogP contribution in [0, 0.1) is 0 Å². The molecule has 0 fully saturated rings. The third-order valence-electron chi connectivity index (χ3n) is 11.6. The topological polar surface area (TPSA) is 89.8 Å². The van der Waals surface area contributed by atoms with Crippen LogP contribution in [0.2, 0.25) is 0 Å². The Morgan fingerprint density at radius 3 is 1.02 bits per heavy atom. The van der Waals surface area contributed by atoms with E-state index in [1.165, 1.54) is 218 Å². The molecule has 0 saturated carbocycles. The Hall–Kier alpha value is -0.910. The van der Waals surface area contributed by atoms with Crippen LogP contribution < -0.4 is 5.32 Å². The van der Waals surface area contributed by atoms with E-state index in [1.54, 1.807) is 6.08 Å². The second-order valence-corrected chi connectivity index (χ2v) is 17.0. The molecular weight excluding hydrogens is 667 g/mol. The van der Waals surface area contributed by atoms with E-state index in [4.69, 9.17) is 0 Å². The molecule has 0 spiro atoms. The highest BCUT2D eigenvalue weighted by molar-refractivity contribution is 5.80. The molecule has 322 valence electrons. The Balaban J connectivity index is 3.46. The maximum absolute atomic E-state index is 12.4. The minimum atomic E-state index is -1.09. The molecule has 0 radical (unpaired) electrons. The van der Waals surface area contributed by atoms with Crippen LogP contribution in [0.3, 0.4) is 0 Å². The zero-order chi connectivity index (χ0) is 39.4. The van der Waals surface area contributed by atoms with Gasteiger partial charge in [-0.05, 0) is 19.3 Å².